The second-order valence-corrected chi connectivity index (χ2v) is 12.0. The second kappa shape index (κ2) is 12.1. The number of carboxylic acid groups (broad SMARTS) is 1. The van der Waals surface area contributed by atoms with E-state index in [1.165, 1.54) is 12.1 Å². The number of carboxylic acids is 1. The van der Waals surface area contributed by atoms with Gasteiger partial charge in [0.05, 0.1) is 40.3 Å². The molecule has 2 atom stereocenters. The van der Waals surface area contributed by atoms with Crippen molar-refractivity contribution in [3.8, 4) is 0 Å². The maximum Gasteiger partial charge on any atom is 0.303 e. The number of rotatable bonds is 10. The van der Waals surface area contributed by atoms with Gasteiger partial charge in [0.15, 0.2) is 0 Å². The molecule has 0 saturated heterocycles. The lowest BCUT2D eigenvalue weighted by Gasteiger charge is -2.25. The fourth-order valence-corrected chi connectivity index (χ4v) is 6.04. The lowest BCUT2D eigenvalue weighted by Crippen LogP contribution is -2.29. The summed E-state index contributed by atoms with van der Waals surface area (Å²) < 4.78 is 28.7. The molecule has 0 spiro atoms. The molecule has 2 unspecified atom stereocenters. The van der Waals surface area contributed by atoms with Crippen molar-refractivity contribution in [2.45, 2.75) is 43.0 Å². The van der Waals surface area contributed by atoms with E-state index in [0.717, 1.165) is 11.1 Å². The van der Waals surface area contributed by atoms with Crippen LogP contribution < -0.4 is 9.73 Å². The Kier molecular flexibility index (Phi) is 9.00. The number of hydrazone groups is 1. The van der Waals surface area contributed by atoms with Crippen LogP contribution in [0.3, 0.4) is 0 Å². The minimum Gasteiger partial charge on any atom is -0.481 e. The minimum absolute atomic E-state index is 0.00643. The van der Waals surface area contributed by atoms with Gasteiger partial charge in [-0.25, -0.2) is 13.1 Å². The van der Waals surface area contributed by atoms with Crippen LogP contribution in [0.4, 0.5) is 5.69 Å². The maximum atomic E-state index is 13.0. The van der Waals surface area contributed by atoms with Crippen molar-refractivity contribution in [2.75, 3.05) is 11.6 Å². The van der Waals surface area contributed by atoms with E-state index in [1.807, 2.05) is 19.1 Å². The summed E-state index contributed by atoms with van der Waals surface area (Å²) in [6, 6.07) is 18.6. The van der Waals surface area contributed by atoms with E-state index < -0.39 is 16.0 Å². The molecule has 2 N–H and O–H groups in total. The summed E-state index contributed by atoms with van der Waals surface area (Å²) in [5, 5.41) is 17.1. The van der Waals surface area contributed by atoms with Gasteiger partial charge in [0.25, 0.3) is 0 Å². The predicted molar refractivity (Wildman–Crippen MR) is 152 cm³/mol. The van der Waals surface area contributed by atoms with E-state index in [2.05, 4.69) is 4.72 Å². The Morgan fingerprint density at radius 2 is 1.71 bits per heavy atom. The Morgan fingerprint density at radius 1 is 1.05 bits per heavy atom. The number of sulfonamides is 1. The summed E-state index contributed by atoms with van der Waals surface area (Å²) in [6.45, 7) is 1.91. The van der Waals surface area contributed by atoms with Crippen molar-refractivity contribution in [2.24, 2.45) is 5.10 Å². The van der Waals surface area contributed by atoms with Gasteiger partial charge in [-0.3, -0.25) is 9.80 Å². The van der Waals surface area contributed by atoms with Crippen LogP contribution in [-0.2, 0) is 14.8 Å². The highest BCUT2D eigenvalue weighted by atomic mass is 35.5. The molecule has 0 aromatic heterocycles. The Balaban J connectivity index is 1.53. The third-order valence-corrected chi connectivity index (χ3v) is 8.63. The number of nitrogens with one attached hydrogen (secondary N) is 1. The monoisotopic (exact) mass is 593 g/mol. The summed E-state index contributed by atoms with van der Waals surface area (Å²) in [4.78, 5) is 11.2. The third-order valence-electron chi connectivity index (χ3n) is 6.43. The normalized spacial score (nSPS) is 16.4. The molecule has 0 aliphatic carbocycles. The van der Waals surface area contributed by atoms with Gasteiger partial charge < -0.3 is 5.11 Å². The number of halogens is 3. The number of hydrogen-bond donors (Lipinski definition) is 2. The van der Waals surface area contributed by atoms with Crippen molar-refractivity contribution in [1.29, 1.82) is 0 Å². The molecule has 4 rings (SSSR count). The second-order valence-electron chi connectivity index (χ2n) is 8.97. The van der Waals surface area contributed by atoms with Gasteiger partial charge in [-0.05, 0) is 65.9 Å². The molecule has 38 heavy (non-hydrogen) atoms. The van der Waals surface area contributed by atoms with Crippen LogP contribution in [0.5, 0.6) is 0 Å². The van der Waals surface area contributed by atoms with Gasteiger partial charge in [-0.15, -0.1) is 0 Å². The van der Waals surface area contributed by atoms with Crippen molar-refractivity contribution in [3.05, 3.63) is 92.9 Å². The van der Waals surface area contributed by atoms with E-state index in [-0.39, 0.29) is 29.8 Å². The quantitative estimate of drug-likeness (QED) is 0.266. The van der Waals surface area contributed by atoms with Gasteiger partial charge >= 0.3 is 5.97 Å². The maximum absolute atomic E-state index is 13.0. The van der Waals surface area contributed by atoms with E-state index in [0.29, 0.717) is 39.3 Å². The first-order valence-electron chi connectivity index (χ1n) is 11.9. The zero-order chi connectivity index (χ0) is 27.4. The Morgan fingerprint density at radius 3 is 2.32 bits per heavy atom. The molecule has 0 bridgehead atoms. The highest BCUT2D eigenvalue weighted by Gasteiger charge is 2.31. The zero-order valence-electron chi connectivity index (χ0n) is 20.4. The fraction of sp³-hybridized carbons (Fsp3) is 0.259. The fourth-order valence-electron chi connectivity index (χ4n) is 4.40. The molecule has 3 aromatic rings. The molecule has 0 saturated carbocycles. The number of aliphatic carboxylic acids is 1. The number of carbonyl (C=O) groups is 1. The standard InChI is InChI=1S/C27H26Cl3N3O4S/c1-2-17(13-27(34)35)18-5-10-23(11-6-18)38(36,37)31-16-22-15-26(19-3-7-20(28)8-4-19)33(32-22)25-12-9-21(29)14-24(25)30/h3-12,14,17,26,31H,2,13,15-16H2,1H3,(H,34,35). The average Bonchev–Trinajstić information content (AvgIpc) is 3.30. The van der Waals surface area contributed by atoms with Crippen molar-refractivity contribution < 1.29 is 18.3 Å². The van der Waals surface area contributed by atoms with Gasteiger partial charge in [0.1, 0.15) is 0 Å². The molecule has 200 valence electrons. The van der Waals surface area contributed by atoms with E-state index >= 15 is 0 Å². The minimum atomic E-state index is -3.83. The van der Waals surface area contributed by atoms with Crippen LogP contribution in [-0.4, -0.2) is 31.8 Å². The number of benzene rings is 3. The topological polar surface area (TPSA) is 99.1 Å². The Labute approximate surface area is 237 Å². The molecule has 3 aromatic carbocycles. The van der Waals surface area contributed by atoms with Crippen LogP contribution in [0.2, 0.25) is 15.1 Å². The largest absolute Gasteiger partial charge is 0.481 e. The van der Waals surface area contributed by atoms with Crippen LogP contribution in [0.15, 0.2) is 76.7 Å². The SMILES string of the molecule is CCC(CC(=O)O)c1ccc(S(=O)(=O)NCC2=NN(c3ccc(Cl)cc3Cl)C(c3ccc(Cl)cc3)C2)cc1. The Hall–Kier alpha value is -2.62. The molecule has 11 heteroatoms. The van der Waals surface area contributed by atoms with Crippen LogP contribution >= 0.6 is 34.8 Å². The average molecular weight is 595 g/mol. The summed E-state index contributed by atoms with van der Waals surface area (Å²) in [7, 11) is -3.83. The predicted octanol–water partition coefficient (Wildman–Crippen LogP) is 6.90. The molecular weight excluding hydrogens is 569 g/mol. The first kappa shape index (κ1) is 28.4. The summed E-state index contributed by atoms with van der Waals surface area (Å²) in [5.74, 6) is -1.07. The van der Waals surface area contributed by atoms with Gasteiger partial charge in [-0.2, -0.15) is 5.10 Å². The molecule has 1 aliphatic rings. The van der Waals surface area contributed by atoms with E-state index in [4.69, 9.17) is 45.0 Å². The third kappa shape index (κ3) is 6.68. The lowest BCUT2D eigenvalue weighted by molar-refractivity contribution is -0.137. The smallest absolute Gasteiger partial charge is 0.303 e. The molecule has 1 heterocycles. The highest BCUT2D eigenvalue weighted by molar-refractivity contribution is 7.89. The van der Waals surface area contributed by atoms with Gasteiger partial charge in [0, 0.05) is 16.5 Å². The van der Waals surface area contributed by atoms with Crippen molar-refractivity contribution in [1.82, 2.24) is 4.72 Å². The first-order chi connectivity index (χ1) is 18.1. The summed E-state index contributed by atoms with van der Waals surface area (Å²) in [5.41, 5.74) is 3.01. The van der Waals surface area contributed by atoms with Crippen molar-refractivity contribution in [3.63, 3.8) is 0 Å². The summed E-state index contributed by atoms with van der Waals surface area (Å²) in [6.07, 6.45) is 1.10. The first-order valence-corrected chi connectivity index (χ1v) is 14.6. The van der Waals surface area contributed by atoms with Gasteiger partial charge in [-0.1, -0.05) is 66.0 Å². The number of hydrogen-bond acceptors (Lipinski definition) is 5. The van der Waals surface area contributed by atoms with E-state index in [1.54, 1.807) is 47.5 Å². The molecule has 0 amide bonds. The van der Waals surface area contributed by atoms with Crippen molar-refractivity contribution >= 4 is 62.2 Å². The molecule has 0 fully saturated rings. The number of anilines is 1. The molecular formula is C27H26Cl3N3O4S. The van der Waals surface area contributed by atoms with Crippen LogP contribution in [0, 0.1) is 0 Å². The van der Waals surface area contributed by atoms with Crippen LogP contribution in [0.25, 0.3) is 0 Å². The lowest BCUT2D eigenvalue weighted by atomic mass is 9.93. The highest BCUT2D eigenvalue weighted by Crippen LogP contribution is 2.39. The summed E-state index contributed by atoms with van der Waals surface area (Å²) >= 11 is 18.6. The Bertz CT molecular complexity index is 1450. The molecule has 0 radical (unpaired) electrons. The van der Waals surface area contributed by atoms with Gasteiger partial charge in [0.2, 0.25) is 10.0 Å². The molecule has 7 nitrogen and oxygen atoms in total. The number of nitrogens with zero attached hydrogens (tertiary/aromatic N) is 2. The van der Waals surface area contributed by atoms with Crippen LogP contribution in [0.1, 0.15) is 49.3 Å². The van der Waals surface area contributed by atoms with E-state index in [9.17, 15) is 13.2 Å². The zero-order valence-corrected chi connectivity index (χ0v) is 23.5. The molecule has 1 aliphatic heterocycles.